The van der Waals surface area contributed by atoms with Crippen LogP contribution in [-0.4, -0.2) is 37.9 Å². The van der Waals surface area contributed by atoms with Gasteiger partial charge in [-0.3, -0.25) is 9.52 Å². The molecule has 0 aliphatic carbocycles. The summed E-state index contributed by atoms with van der Waals surface area (Å²) in [6.45, 7) is 2.40. The summed E-state index contributed by atoms with van der Waals surface area (Å²) >= 11 is 0. The lowest BCUT2D eigenvalue weighted by Gasteiger charge is -2.24. The van der Waals surface area contributed by atoms with E-state index in [0.29, 0.717) is 41.3 Å². The fourth-order valence-corrected chi connectivity index (χ4v) is 4.46. The van der Waals surface area contributed by atoms with Crippen LogP contribution in [0, 0.1) is 0 Å². The maximum absolute atomic E-state index is 13.5. The van der Waals surface area contributed by atoms with Gasteiger partial charge >= 0.3 is 0 Å². The lowest BCUT2D eigenvalue weighted by atomic mass is 9.96. The van der Waals surface area contributed by atoms with Crippen molar-refractivity contribution >= 4 is 27.3 Å². The maximum Gasteiger partial charge on any atom is 0.274 e. The summed E-state index contributed by atoms with van der Waals surface area (Å²) in [5, 5.41) is 6.17. The summed E-state index contributed by atoms with van der Waals surface area (Å²) in [5.74, 6) is 0.449. The van der Waals surface area contributed by atoms with E-state index in [9.17, 15) is 13.2 Å². The second kappa shape index (κ2) is 9.46. The zero-order valence-electron chi connectivity index (χ0n) is 18.4. The van der Waals surface area contributed by atoms with Crippen molar-refractivity contribution in [3.05, 3.63) is 95.6 Å². The molecule has 0 spiro atoms. The largest absolute Gasteiger partial charge is 0.494 e. The third kappa shape index (κ3) is 5.06. The highest BCUT2D eigenvalue weighted by Crippen LogP contribution is 2.39. The van der Waals surface area contributed by atoms with Gasteiger partial charge < -0.3 is 4.74 Å². The van der Waals surface area contributed by atoms with E-state index in [1.54, 1.807) is 30.3 Å². The highest BCUT2D eigenvalue weighted by molar-refractivity contribution is 7.92. The van der Waals surface area contributed by atoms with Crippen molar-refractivity contribution < 1.29 is 17.9 Å². The second-order valence-corrected chi connectivity index (χ2v) is 9.42. The van der Waals surface area contributed by atoms with Gasteiger partial charge in [-0.25, -0.2) is 13.4 Å². The minimum atomic E-state index is -3.49. The van der Waals surface area contributed by atoms with Crippen molar-refractivity contribution in [2.45, 2.75) is 19.4 Å². The molecule has 1 N–H and O–H groups in total. The van der Waals surface area contributed by atoms with Gasteiger partial charge in [0.1, 0.15) is 5.75 Å². The van der Waals surface area contributed by atoms with Crippen molar-refractivity contribution in [3.8, 4) is 5.75 Å². The van der Waals surface area contributed by atoms with Crippen LogP contribution in [0.3, 0.4) is 0 Å². The maximum atomic E-state index is 13.5. The van der Waals surface area contributed by atoms with Crippen molar-refractivity contribution in [3.63, 3.8) is 0 Å². The minimum Gasteiger partial charge on any atom is -0.494 e. The van der Waals surface area contributed by atoms with Crippen molar-refractivity contribution in [1.29, 1.82) is 0 Å². The lowest BCUT2D eigenvalue weighted by molar-refractivity contribution is 0.0709. The first-order valence-corrected chi connectivity index (χ1v) is 12.5. The van der Waals surface area contributed by atoms with Crippen LogP contribution >= 0.6 is 0 Å². The smallest absolute Gasteiger partial charge is 0.274 e. The Morgan fingerprint density at radius 2 is 1.70 bits per heavy atom. The number of hydrogen-bond acceptors (Lipinski definition) is 5. The molecule has 0 saturated carbocycles. The molecule has 33 heavy (non-hydrogen) atoms. The van der Waals surface area contributed by atoms with Crippen LogP contribution in [0.15, 0.2) is 84.0 Å². The van der Waals surface area contributed by atoms with E-state index in [1.807, 2.05) is 55.5 Å². The van der Waals surface area contributed by atoms with Crippen molar-refractivity contribution in [1.82, 2.24) is 5.01 Å². The van der Waals surface area contributed by atoms with E-state index >= 15 is 0 Å². The standard InChI is InChI=1S/C25H25N3O4S/c1-3-32-24-16-10-8-14-20(24)23-17-22(19-13-7-9-15-21(19)27-33(2,30)31)26-28(23)25(29)18-11-5-4-6-12-18/h4-16,23,27H,3,17H2,1-2H3/t23-/m1/s1. The van der Waals surface area contributed by atoms with Crippen LogP contribution in [-0.2, 0) is 10.0 Å². The molecule has 3 aromatic rings. The summed E-state index contributed by atoms with van der Waals surface area (Å²) < 4.78 is 32.2. The van der Waals surface area contributed by atoms with E-state index in [1.165, 1.54) is 5.01 Å². The highest BCUT2D eigenvalue weighted by atomic mass is 32.2. The molecular formula is C25H25N3O4S. The van der Waals surface area contributed by atoms with Gasteiger partial charge in [-0.15, -0.1) is 0 Å². The Bertz CT molecular complexity index is 1290. The predicted molar refractivity (Wildman–Crippen MR) is 129 cm³/mol. The number of carbonyl (C=O) groups excluding carboxylic acids is 1. The topological polar surface area (TPSA) is 88.1 Å². The number of amides is 1. The van der Waals surface area contributed by atoms with Gasteiger partial charge in [-0.2, -0.15) is 5.10 Å². The summed E-state index contributed by atoms with van der Waals surface area (Å²) in [6.07, 6.45) is 1.51. The fourth-order valence-electron chi connectivity index (χ4n) is 3.88. The van der Waals surface area contributed by atoms with Gasteiger partial charge in [0.25, 0.3) is 5.91 Å². The van der Waals surface area contributed by atoms with Gasteiger partial charge in [-0.05, 0) is 31.2 Å². The van der Waals surface area contributed by atoms with Crippen molar-refractivity contribution in [2.24, 2.45) is 5.10 Å². The lowest BCUT2D eigenvalue weighted by Crippen LogP contribution is -2.27. The molecule has 1 atom stereocenters. The Kier molecular flexibility index (Phi) is 6.46. The van der Waals surface area contributed by atoms with Gasteiger partial charge in [0.15, 0.2) is 0 Å². The van der Waals surface area contributed by atoms with E-state index in [0.717, 1.165) is 11.8 Å². The van der Waals surface area contributed by atoms with Gasteiger partial charge in [-0.1, -0.05) is 54.6 Å². The molecule has 0 bridgehead atoms. The summed E-state index contributed by atoms with van der Waals surface area (Å²) in [4.78, 5) is 13.5. The van der Waals surface area contributed by atoms with Crippen LogP contribution in [0.5, 0.6) is 5.75 Å². The van der Waals surface area contributed by atoms with Crippen molar-refractivity contribution in [2.75, 3.05) is 17.6 Å². The number of nitrogens with zero attached hydrogens (tertiary/aromatic N) is 2. The normalized spacial score (nSPS) is 15.8. The number of anilines is 1. The molecule has 0 fully saturated rings. The Morgan fingerprint density at radius 1 is 1.03 bits per heavy atom. The molecule has 0 radical (unpaired) electrons. The van der Waals surface area contributed by atoms with E-state index < -0.39 is 16.1 Å². The highest BCUT2D eigenvalue weighted by Gasteiger charge is 2.36. The SMILES string of the molecule is CCOc1ccccc1[C@H]1CC(c2ccccc2NS(C)(=O)=O)=NN1C(=O)c1ccccc1. The third-order valence-corrected chi connectivity index (χ3v) is 5.84. The number of sulfonamides is 1. The van der Waals surface area contributed by atoms with Crippen LogP contribution in [0.1, 0.15) is 40.9 Å². The summed E-state index contributed by atoms with van der Waals surface area (Å²) in [6, 6.07) is 23.2. The first-order chi connectivity index (χ1) is 15.9. The van der Waals surface area contributed by atoms with Crippen LogP contribution in [0.25, 0.3) is 0 Å². The Labute approximate surface area is 193 Å². The molecule has 1 aliphatic rings. The van der Waals surface area contributed by atoms with E-state index in [-0.39, 0.29) is 5.91 Å². The third-order valence-electron chi connectivity index (χ3n) is 5.25. The summed E-state index contributed by atoms with van der Waals surface area (Å²) in [5.41, 5.74) is 3.02. The van der Waals surface area contributed by atoms with Crippen LogP contribution < -0.4 is 9.46 Å². The van der Waals surface area contributed by atoms with E-state index in [2.05, 4.69) is 4.72 Å². The zero-order chi connectivity index (χ0) is 23.4. The number of nitrogens with one attached hydrogen (secondary N) is 1. The Balaban J connectivity index is 1.80. The second-order valence-electron chi connectivity index (χ2n) is 7.67. The average molecular weight is 464 g/mol. The van der Waals surface area contributed by atoms with Gasteiger partial charge in [0.2, 0.25) is 10.0 Å². The summed E-state index contributed by atoms with van der Waals surface area (Å²) in [7, 11) is -3.49. The van der Waals surface area contributed by atoms with Crippen LogP contribution in [0.4, 0.5) is 5.69 Å². The molecular weight excluding hydrogens is 438 g/mol. The number of carbonyl (C=O) groups is 1. The number of benzene rings is 3. The van der Waals surface area contributed by atoms with E-state index in [4.69, 9.17) is 9.84 Å². The monoisotopic (exact) mass is 463 g/mol. The van der Waals surface area contributed by atoms with Crippen LogP contribution in [0.2, 0.25) is 0 Å². The predicted octanol–water partition coefficient (Wildman–Crippen LogP) is 4.45. The molecule has 0 aromatic heterocycles. The molecule has 1 amide bonds. The number of hydrazone groups is 1. The molecule has 170 valence electrons. The quantitative estimate of drug-likeness (QED) is 0.561. The molecule has 1 aliphatic heterocycles. The number of ether oxygens (including phenoxy) is 1. The molecule has 0 saturated heterocycles. The first kappa shape index (κ1) is 22.5. The Morgan fingerprint density at radius 3 is 2.42 bits per heavy atom. The first-order valence-electron chi connectivity index (χ1n) is 10.6. The Hall–Kier alpha value is -3.65. The molecule has 1 heterocycles. The molecule has 3 aromatic carbocycles. The molecule has 7 nitrogen and oxygen atoms in total. The zero-order valence-corrected chi connectivity index (χ0v) is 19.2. The minimum absolute atomic E-state index is 0.240. The fraction of sp³-hybridized carbons (Fsp3) is 0.200. The molecule has 8 heteroatoms. The number of para-hydroxylation sites is 2. The van der Waals surface area contributed by atoms with Gasteiger partial charge in [0, 0.05) is 23.1 Å². The molecule has 4 rings (SSSR count). The number of hydrogen-bond donors (Lipinski definition) is 1. The number of rotatable bonds is 7. The average Bonchev–Trinajstić information content (AvgIpc) is 3.24. The van der Waals surface area contributed by atoms with Gasteiger partial charge in [0.05, 0.1) is 30.3 Å². The molecule has 0 unspecified atom stereocenters.